The summed E-state index contributed by atoms with van der Waals surface area (Å²) in [5, 5.41) is 0.694. The first-order chi connectivity index (χ1) is 14.8. The third-order valence-electron chi connectivity index (χ3n) is 4.66. The molecular weight excluding hydrogens is 396 g/mol. The monoisotopic (exact) mass is 416 g/mol. The van der Waals surface area contributed by atoms with Gasteiger partial charge in [-0.05, 0) is 54.4 Å². The van der Waals surface area contributed by atoms with Crippen molar-refractivity contribution < 1.29 is 4.74 Å². The fraction of sp³-hybridized carbons (Fsp3) is 0.125. The van der Waals surface area contributed by atoms with E-state index in [-0.39, 0.29) is 6.04 Å². The molecule has 4 rings (SSSR count). The smallest absolute Gasteiger partial charge is 0.213 e. The molecule has 0 N–H and O–H groups in total. The number of hydrogen-bond donors (Lipinski definition) is 0. The van der Waals surface area contributed by atoms with Crippen LogP contribution in [0.5, 0.6) is 5.88 Å². The molecule has 0 fully saturated rings. The Morgan fingerprint density at radius 1 is 0.833 bits per heavy atom. The van der Waals surface area contributed by atoms with Crippen LogP contribution in [0.15, 0.2) is 91.6 Å². The van der Waals surface area contributed by atoms with Gasteiger partial charge in [-0.15, -0.1) is 0 Å². The van der Waals surface area contributed by atoms with Crippen molar-refractivity contribution >= 4 is 23.0 Å². The highest BCUT2D eigenvalue weighted by Crippen LogP contribution is 2.39. The van der Waals surface area contributed by atoms with Crippen molar-refractivity contribution in [1.29, 1.82) is 0 Å². The zero-order valence-electron chi connectivity index (χ0n) is 16.5. The average molecular weight is 417 g/mol. The van der Waals surface area contributed by atoms with Crippen molar-refractivity contribution in [3.63, 3.8) is 0 Å². The van der Waals surface area contributed by atoms with Crippen molar-refractivity contribution in [3.05, 3.63) is 108 Å². The molecule has 1 aromatic carbocycles. The second kappa shape index (κ2) is 9.37. The summed E-state index contributed by atoms with van der Waals surface area (Å²) in [6.07, 6.45) is 9.08. The molecule has 30 heavy (non-hydrogen) atoms. The Morgan fingerprint density at radius 3 is 2.17 bits per heavy atom. The number of hydrogen-bond acceptors (Lipinski definition) is 5. The molecule has 1 atom stereocenters. The molecule has 0 aliphatic rings. The van der Waals surface area contributed by atoms with Gasteiger partial charge in [0.1, 0.15) is 0 Å². The lowest BCUT2D eigenvalue weighted by Gasteiger charge is -2.34. The Labute approximate surface area is 181 Å². The summed E-state index contributed by atoms with van der Waals surface area (Å²) in [5.41, 5.74) is 3.96. The second-order valence-corrected chi connectivity index (χ2v) is 7.05. The van der Waals surface area contributed by atoms with E-state index in [1.54, 1.807) is 12.4 Å². The predicted molar refractivity (Wildman–Crippen MR) is 119 cm³/mol. The van der Waals surface area contributed by atoms with Crippen LogP contribution in [0, 0.1) is 0 Å². The van der Waals surface area contributed by atoms with Gasteiger partial charge in [0.15, 0.2) is 0 Å². The largest absolute Gasteiger partial charge is 0.478 e. The Kier molecular flexibility index (Phi) is 6.20. The summed E-state index contributed by atoms with van der Waals surface area (Å²) in [4.78, 5) is 15.4. The van der Waals surface area contributed by atoms with Gasteiger partial charge >= 0.3 is 0 Å². The van der Waals surface area contributed by atoms with E-state index in [4.69, 9.17) is 16.3 Å². The van der Waals surface area contributed by atoms with Crippen molar-refractivity contribution in [2.45, 2.75) is 13.0 Å². The molecule has 150 valence electrons. The highest BCUT2D eigenvalue weighted by Gasteiger charge is 2.25. The number of benzene rings is 1. The maximum atomic E-state index is 6.16. The van der Waals surface area contributed by atoms with Crippen molar-refractivity contribution in [1.82, 2.24) is 15.0 Å². The quantitative estimate of drug-likeness (QED) is 0.378. The third kappa shape index (κ3) is 4.42. The molecule has 0 aliphatic heterocycles. The normalized spacial score (nSPS) is 11.7. The number of aromatic nitrogens is 3. The van der Waals surface area contributed by atoms with Gasteiger partial charge < -0.3 is 9.64 Å². The van der Waals surface area contributed by atoms with E-state index in [9.17, 15) is 0 Å². The van der Waals surface area contributed by atoms with E-state index in [2.05, 4.69) is 25.9 Å². The number of ether oxygens (including phenoxy) is 1. The van der Waals surface area contributed by atoms with E-state index in [1.165, 1.54) is 0 Å². The summed E-state index contributed by atoms with van der Waals surface area (Å²) < 4.78 is 5.52. The van der Waals surface area contributed by atoms with Crippen LogP contribution in [-0.4, -0.2) is 21.6 Å². The Morgan fingerprint density at radius 2 is 1.57 bits per heavy atom. The van der Waals surface area contributed by atoms with E-state index < -0.39 is 0 Å². The van der Waals surface area contributed by atoms with Gasteiger partial charge in [0.2, 0.25) is 5.88 Å². The van der Waals surface area contributed by atoms with Gasteiger partial charge in [-0.2, -0.15) is 0 Å². The number of pyridine rings is 3. The van der Waals surface area contributed by atoms with E-state index >= 15 is 0 Å². The average Bonchev–Trinajstić information content (AvgIpc) is 2.80. The van der Waals surface area contributed by atoms with Gasteiger partial charge in [-0.25, -0.2) is 4.98 Å². The van der Waals surface area contributed by atoms with Crippen LogP contribution in [0.4, 0.5) is 11.4 Å². The molecule has 3 heterocycles. The van der Waals surface area contributed by atoms with Gasteiger partial charge in [-0.1, -0.05) is 29.8 Å². The lowest BCUT2D eigenvalue weighted by molar-refractivity contribution is 0.327. The second-order valence-electron chi connectivity index (χ2n) is 6.61. The molecule has 0 amide bonds. The zero-order chi connectivity index (χ0) is 20.8. The van der Waals surface area contributed by atoms with Crippen LogP contribution >= 0.6 is 11.6 Å². The minimum atomic E-state index is -0.153. The van der Waals surface area contributed by atoms with Gasteiger partial charge in [0.25, 0.3) is 0 Å². The lowest BCUT2D eigenvalue weighted by Crippen LogP contribution is -2.25. The Bertz CT molecular complexity index is 1060. The summed E-state index contributed by atoms with van der Waals surface area (Å²) in [5.74, 6) is 0.594. The summed E-state index contributed by atoms with van der Waals surface area (Å²) in [7, 11) is 0. The minimum Gasteiger partial charge on any atom is -0.478 e. The number of rotatable bonds is 7. The molecule has 4 aromatic rings. The lowest BCUT2D eigenvalue weighted by atomic mass is 9.97. The molecule has 0 radical (unpaired) electrons. The molecule has 0 saturated heterocycles. The zero-order valence-corrected chi connectivity index (χ0v) is 17.3. The van der Waals surface area contributed by atoms with Crippen LogP contribution in [0.2, 0.25) is 5.02 Å². The maximum absolute atomic E-state index is 6.16. The third-order valence-corrected chi connectivity index (χ3v) is 4.91. The van der Waals surface area contributed by atoms with Crippen LogP contribution < -0.4 is 9.64 Å². The molecule has 0 saturated carbocycles. The molecule has 3 aromatic heterocycles. The highest BCUT2D eigenvalue weighted by molar-refractivity contribution is 6.30. The molecule has 0 aliphatic carbocycles. The summed E-state index contributed by atoms with van der Waals surface area (Å²) in [6, 6.07) is 19.6. The fourth-order valence-electron chi connectivity index (χ4n) is 3.37. The fourth-order valence-corrected chi connectivity index (χ4v) is 3.49. The molecule has 6 heteroatoms. The van der Waals surface area contributed by atoms with Crippen LogP contribution in [0.3, 0.4) is 0 Å². The van der Waals surface area contributed by atoms with Gasteiger partial charge in [0, 0.05) is 29.7 Å². The number of halogens is 1. The van der Waals surface area contributed by atoms with E-state index in [0.717, 1.165) is 22.5 Å². The van der Waals surface area contributed by atoms with Crippen LogP contribution in [0.25, 0.3) is 0 Å². The first-order valence-electron chi connectivity index (χ1n) is 9.70. The molecular formula is C24H21ClN4O. The topological polar surface area (TPSA) is 51.1 Å². The standard InChI is InChI=1S/C24H21ClN4O/c1-2-30-23-12-11-22(17-28-23)29(21-6-4-14-27-16-21)24(19-5-3-13-26-15-19)18-7-9-20(25)10-8-18/h3-17,24H,2H2,1H3. The van der Waals surface area contributed by atoms with Crippen LogP contribution in [-0.2, 0) is 0 Å². The molecule has 1 unspecified atom stereocenters. The Balaban J connectivity index is 1.88. The minimum absolute atomic E-state index is 0.153. The molecule has 0 spiro atoms. The first kappa shape index (κ1) is 19.9. The van der Waals surface area contributed by atoms with Crippen molar-refractivity contribution in [3.8, 4) is 5.88 Å². The van der Waals surface area contributed by atoms with Gasteiger partial charge in [0.05, 0.1) is 36.4 Å². The Hall–Kier alpha value is -3.44. The van der Waals surface area contributed by atoms with Crippen molar-refractivity contribution in [2.75, 3.05) is 11.5 Å². The SMILES string of the molecule is CCOc1ccc(N(c2cccnc2)C(c2ccc(Cl)cc2)c2cccnc2)cn1. The van der Waals surface area contributed by atoms with Crippen molar-refractivity contribution in [2.24, 2.45) is 0 Å². The maximum Gasteiger partial charge on any atom is 0.213 e. The molecule has 5 nitrogen and oxygen atoms in total. The summed E-state index contributed by atoms with van der Waals surface area (Å²) >= 11 is 6.16. The highest BCUT2D eigenvalue weighted by atomic mass is 35.5. The van der Waals surface area contributed by atoms with E-state index in [0.29, 0.717) is 17.5 Å². The number of anilines is 2. The number of nitrogens with zero attached hydrogens (tertiary/aromatic N) is 4. The molecule has 0 bridgehead atoms. The predicted octanol–water partition coefficient (Wildman–Crippen LogP) is 5.85. The van der Waals surface area contributed by atoms with Gasteiger partial charge in [-0.3, -0.25) is 9.97 Å². The first-order valence-corrected chi connectivity index (χ1v) is 10.1. The van der Waals surface area contributed by atoms with Crippen LogP contribution in [0.1, 0.15) is 24.1 Å². The summed E-state index contributed by atoms with van der Waals surface area (Å²) in [6.45, 7) is 2.51. The van der Waals surface area contributed by atoms with E-state index in [1.807, 2.05) is 80.1 Å².